The molecular formula is C18H19F3N2O2S. The third-order valence-corrected chi connectivity index (χ3v) is 4.59. The Bertz CT molecular complexity index is 766. The standard InChI is InChI=1S/C18H19F3N2O2S/c1-12(23(2)3)26-25-17(24)13-8-4-6-10-15(13)22-16-11-7-5-9-14(16)18(19,20)21/h4-12,22H,1-3H3. The van der Waals surface area contributed by atoms with Crippen molar-refractivity contribution in [3.63, 3.8) is 0 Å². The third kappa shape index (κ3) is 5.15. The third-order valence-electron chi connectivity index (χ3n) is 3.64. The van der Waals surface area contributed by atoms with Gasteiger partial charge in [-0.2, -0.15) is 13.2 Å². The van der Waals surface area contributed by atoms with Gasteiger partial charge >= 0.3 is 12.1 Å². The summed E-state index contributed by atoms with van der Waals surface area (Å²) in [7, 11) is 3.68. The summed E-state index contributed by atoms with van der Waals surface area (Å²) < 4.78 is 44.7. The quantitative estimate of drug-likeness (QED) is 0.550. The number of carbonyl (C=O) groups excluding carboxylic acids is 1. The number of nitrogens with zero attached hydrogens (tertiary/aromatic N) is 1. The SMILES string of the molecule is CC(SOC(=O)c1ccccc1Nc1ccccc1C(F)(F)F)N(C)C. The first-order valence-electron chi connectivity index (χ1n) is 7.76. The van der Waals surface area contributed by atoms with E-state index in [4.69, 9.17) is 4.18 Å². The molecule has 0 saturated carbocycles. The predicted molar refractivity (Wildman–Crippen MR) is 97.3 cm³/mol. The average Bonchev–Trinajstić information content (AvgIpc) is 2.59. The van der Waals surface area contributed by atoms with Gasteiger partial charge in [0.2, 0.25) is 0 Å². The Balaban J connectivity index is 2.24. The molecule has 2 aromatic carbocycles. The van der Waals surface area contributed by atoms with Crippen molar-refractivity contribution in [2.24, 2.45) is 0 Å². The highest BCUT2D eigenvalue weighted by Crippen LogP contribution is 2.36. The van der Waals surface area contributed by atoms with E-state index in [0.29, 0.717) is 0 Å². The van der Waals surface area contributed by atoms with Crippen LogP contribution in [-0.2, 0) is 10.4 Å². The molecule has 1 unspecified atom stereocenters. The second-order valence-corrected chi connectivity index (χ2v) is 6.79. The fourth-order valence-corrected chi connectivity index (χ4v) is 2.49. The van der Waals surface area contributed by atoms with E-state index >= 15 is 0 Å². The molecule has 0 bridgehead atoms. The topological polar surface area (TPSA) is 41.6 Å². The summed E-state index contributed by atoms with van der Waals surface area (Å²) in [5.74, 6) is -0.628. The van der Waals surface area contributed by atoms with Gasteiger partial charge in [0.15, 0.2) is 0 Å². The van der Waals surface area contributed by atoms with Crippen molar-refractivity contribution in [3.05, 3.63) is 59.7 Å². The van der Waals surface area contributed by atoms with Crippen molar-refractivity contribution in [2.45, 2.75) is 18.5 Å². The highest BCUT2D eigenvalue weighted by atomic mass is 32.2. The maximum Gasteiger partial charge on any atom is 0.418 e. The molecule has 0 fully saturated rings. The summed E-state index contributed by atoms with van der Waals surface area (Å²) in [5, 5.41) is 2.63. The molecule has 2 aromatic rings. The molecular weight excluding hydrogens is 365 g/mol. The predicted octanol–water partition coefficient (Wildman–Crippen LogP) is 5.16. The number of benzene rings is 2. The number of hydrogen-bond donors (Lipinski definition) is 1. The van der Waals surface area contributed by atoms with Crippen LogP contribution in [-0.4, -0.2) is 30.3 Å². The maximum atomic E-state index is 13.2. The van der Waals surface area contributed by atoms with Crippen LogP contribution in [0.2, 0.25) is 0 Å². The molecule has 0 amide bonds. The minimum atomic E-state index is -4.50. The fourth-order valence-electron chi connectivity index (χ4n) is 2.00. The number of halogens is 3. The lowest BCUT2D eigenvalue weighted by atomic mass is 10.1. The van der Waals surface area contributed by atoms with Crippen LogP contribution in [0.1, 0.15) is 22.8 Å². The molecule has 2 rings (SSSR count). The largest absolute Gasteiger partial charge is 0.418 e. The summed E-state index contributed by atoms with van der Waals surface area (Å²) in [5.41, 5.74) is -0.538. The molecule has 0 aliphatic carbocycles. The van der Waals surface area contributed by atoms with Gasteiger partial charge in [0.1, 0.15) is 0 Å². The van der Waals surface area contributed by atoms with Crippen molar-refractivity contribution in [1.82, 2.24) is 4.90 Å². The first kappa shape index (κ1) is 20.1. The number of alkyl halides is 3. The number of carbonyl (C=O) groups is 1. The molecule has 0 aliphatic heterocycles. The summed E-state index contributed by atoms with van der Waals surface area (Å²) in [6.45, 7) is 1.86. The average molecular weight is 384 g/mol. The molecule has 1 N–H and O–H groups in total. The Morgan fingerprint density at radius 1 is 1.08 bits per heavy atom. The van der Waals surface area contributed by atoms with Crippen LogP contribution >= 0.6 is 12.0 Å². The van der Waals surface area contributed by atoms with Gasteiger partial charge in [0.05, 0.1) is 39.9 Å². The van der Waals surface area contributed by atoms with E-state index in [-0.39, 0.29) is 22.3 Å². The lowest BCUT2D eigenvalue weighted by Gasteiger charge is -2.18. The second kappa shape index (κ2) is 8.46. The van der Waals surface area contributed by atoms with Crippen LogP contribution in [0.25, 0.3) is 0 Å². The summed E-state index contributed by atoms with van der Waals surface area (Å²) >= 11 is 0.978. The number of anilines is 2. The van der Waals surface area contributed by atoms with E-state index in [0.717, 1.165) is 18.1 Å². The van der Waals surface area contributed by atoms with Gasteiger partial charge < -0.3 is 9.50 Å². The molecule has 0 aliphatic rings. The Morgan fingerprint density at radius 2 is 1.65 bits per heavy atom. The number of rotatable bonds is 6. The van der Waals surface area contributed by atoms with E-state index in [1.54, 1.807) is 12.1 Å². The van der Waals surface area contributed by atoms with E-state index in [9.17, 15) is 18.0 Å². The summed E-state index contributed by atoms with van der Waals surface area (Å²) in [6.07, 6.45) is -4.50. The van der Waals surface area contributed by atoms with E-state index in [1.165, 1.54) is 30.3 Å². The van der Waals surface area contributed by atoms with Crippen LogP contribution in [0.3, 0.4) is 0 Å². The van der Waals surface area contributed by atoms with Crippen LogP contribution in [0.5, 0.6) is 0 Å². The minimum absolute atomic E-state index is 0.0648. The fraction of sp³-hybridized carbons (Fsp3) is 0.278. The van der Waals surface area contributed by atoms with Gasteiger partial charge in [-0.3, -0.25) is 4.90 Å². The molecule has 8 heteroatoms. The number of nitrogens with one attached hydrogen (secondary N) is 1. The van der Waals surface area contributed by atoms with E-state index < -0.39 is 17.7 Å². The molecule has 4 nitrogen and oxygen atoms in total. The lowest BCUT2D eigenvalue weighted by Crippen LogP contribution is -2.22. The Kier molecular flexibility index (Phi) is 6.55. The first-order chi connectivity index (χ1) is 12.2. The highest BCUT2D eigenvalue weighted by molar-refractivity contribution is 7.95. The van der Waals surface area contributed by atoms with Gasteiger partial charge in [-0.15, -0.1) is 0 Å². The van der Waals surface area contributed by atoms with Crippen molar-refractivity contribution in [1.29, 1.82) is 0 Å². The first-order valence-corrected chi connectivity index (χ1v) is 8.57. The van der Waals surface area contributed by atoms with E-state index in [1.807, 2.05) is 25.9 Å². The van der Waals surface area contributed by atoms with Crippen molar-refractivity contribution in [2.75, 3.05) is 19.4 Å². The monoisotopic (exact) mass is 384 g/mol. The lowest BCUT2D eigenvalue weighted by molar-refractivity contribution is -0.136. The normalized spacial score (nSPS) is 12.7. The van der Waals surface area contributed by atoms with Gasteiger partial charge in [-0.25, -0.2) is 4.79 Å². The molecule has 1 atom stereocenters. The molecule has 140 valence electrons. The van der Waals surface area contributed by atoms with Crippen LogP contribution in [0.4, 0.5) is 24.5 Å². The minimum Gasteiger partial charge on any atom is -0.386 e. The molecule has 0 heterocycles. The Labute approximate surface area is 154 Å². The smallest absolute Gasteiger partial charge is 0.386 e. The molecule has 0 aromatic heterocycles. The summed E-state index contributed by atoms with van der Waals surface area (Å²) in [6, 6.07) is 11.4. The molecule has 26 heavy (non-hydrogen) atoms. The van der Waals surface area contributed by atoms with Crippen LogP contribution < -0.4 is 5.32 Å². The van der Waals surface area contributed by atoms with Crippen LogP contribution in [0, 0.1) is 0 Å². The number of para-hydroxylation sites is 2. The van der Waals surface area contributed by atoms with Crippen molar-refractivity contribution < 1.29 is 22.1 Å². The second-order valence-electron chi connectivity index (χ2n) is 5.74. The van der Waals surface area contributed by atoms with Gasteiger partial charge in [-0.1, -0.05) is 24.3 Å². The Morgan fingerprint density at radius 3 is 2.27 bits per heavy atom. The zero-order chi connectivity index (χ0) is 19.3. The van der Waals surface area contributed by atoms with Gasteiger partial charge in [0.25, 0.3) is 0 Å². The van der Waals surface area contributed by atoms with Gasteiger partial charge in [-0.05, 0) is 45.3 Å². The van der Waals surface area contributed by atoms with Crippen molar-refractivity contribution in [3.8, 4) is 0 Å². The highest BCUT2D eigenvalue weighted by Gasteiger charge is 2.33. The van der Waals surface area contributed by atoms with Gasteiger partial charge in [0, 0.05) is 0 Å². The summed E-state index contributed by atoms with van der Waals surface area (Å²) in [4.78, 5) is 14.2. The maximum absolute atomic E-state index is 13.2. The zero-order valence-corrected chi connectivity index (χ0v) is 15.3. The molecule has 0 spiro atoms. The number of hydrogen-bond acceptors (Lipinski definition) is 5. The Hall–Kier alpha value is -2.19. The zero-order valence-electron chi connectivity index (χ0n) is 14.5. The molecule has 0 radical (unpaired) electrons. The van der Waals surface area contributed by atoms with E-state index in [2.05, 4.69) is 5.32 Å². The van der Waals surface area contributed by atoms with Crippen molar-refractivity contribution >= 4 is 29.4 Å². The molecule has 0 saturated heterocycles. The van der Waals surface area contributed by atoms with Crippen LogP contribution in [0.15, 0.2) is 48.5 Å².